The molecule has 0 aromatic carbocycles. The second kappa shape index (κ2) is 2.61. The first kappa shape index (κ1) is 7.35. The van der Waals surface area contributed by atoms with Crippen molar-refractivity contribution in [1.82, 2.24) is 0 Å². The summed E-state index contributed by atoms with van der Waals surface area (Å²) in [5, 5.41) is 0. The summed E-state index contributed by atoms with van der Waals surface area (Å²) in [6, 6.07) is 0. The van der Waals surface area contributed by atoms with E-state index < -0.39 is 12.6 Å². The van der Waals surface area contributed by atoms with E-state index in [9.17, 15) is 13.2 Å². The quantitative estimate of drug-likeness (QED) is 0.466. The first-order chi connectivity index (χ1) is 3.56. The van der Waals surface area contributed by atoms with E-state index >= 15 is 0 Å². The first-order valence-electron chi connectivity index (χ1n) is 2.06. The Morgan fingerprint density at radius 1 is 1.38 bits per heavy atom. The summed E-state index contributed by atoms with van der Waals surface area (Å²) in [5.41, 5.74) is 0. The number of alkyl halides is 3. The van der Waals surface area contributed by atoms with Gasteiger partial charge in [0.2, 0.25) is 0 Å². The Balaban J connectivity index is 3.28. The van der Waals surface area contributed by atoms with E-state index in [2.05, 4.69) is 6.42 Å². The van der Waals surface area contributed by atoms with E-state index in [1.807, 2.05) is 5.92 Å². The van der Waals surface area contributed by atoms with E-state index in [0.717, 1.165) is 0 Å². The molecule has 0 amide bonds. The molecule has 0 aliphatic carbocycles. The lowest BCUT2D eigenvalue weighted by Gasteiger charge is -1.99. The van der Waals surface area contributed by atoms with E-state index in [4.69, 9.17) is 0 Å². The monoisotopic (exact) mass is 122 g/mol. The Morgan fingerprint density at radius 3 is 2.00 bits per heavy atom. The van der Waals surface area contributed by atoms with Gasteiger partial charge >= 0.3 is 6.18 Å². The standard InChI is InChI=1S/C5H5F3/c1-2-3-4-5(6,7)8/h1H,3-4H2. The zero-order valence-electron chi connectivity index (χ0n) is 4.13. The van der Waals surface area contributed by atoms with E-state index in [1.54, 1.807) is 0 Å². The van der Waals surface area contributed by atoms with Crippen molar-refractivity contribution in [3.63, 3.8) is 0 Å². The van der Waals surface area contributed by atoms with Crippen molar-refractivity contribution >= 4 is 0 Å². The van der Waals surface area contributed by atoms with Gasteiger partial charge in [0.25, 0.3) is 0 Å². The van der Waals surface area contributed by atoms with Crippen molar-refractivity contribution in [3.8, 4) is 12.3 Å². The van der Waals surface area contributed by atoms with Gasteiger partial charge in [0.15, 0.2) is 0 Å². The Morgan fingerprint density at radius 2 is 1.88 bits per heavy atom. The van der Waals surface area contributed by atoms with Gasteiger partial charge < -0.3 is 0 Å². The van der Waals surface area contributed by atoms with Crippen LogP contribution in [0.15, 0.2) is 0 Å². The zero-order chi connectivity index (χ0) is 6.62. The third-order valence-electron chi connectivity index (χ3n) is 0.553. The van der Waals surface area contributed by atoms with E-state index in [-0.39, 0.29) is 6.42 Å². The number of hydrogen-bond acceptors (Lipinski definition) is 0. The molecule has 0 N–H and O–H groups in total. The molecule has 0 saturated carbocycles. The molecule has 0 fully saturated rings. The lowest BCUT2D eigenvalue weighted by Crippen LogP contribution is -2.05. The molecule has 3 heteroatoms. The van der Waals surface area contributed by atoms with Crippen LogP contribution in [0.2, 0.25) is 0 Å². The third-order valence-corrected chi connectivity index (χ3v) is 0.553. The summed E-state index contributed by atoms with van der Waals surface area (Å²) in [6.07, 6.45) is -0.595. The Labute approximate surface area is 45.7 Å². The summed E-state index contributed by atoms with van der Waals surface area (Å²) in [7, 11) is 0. The summed E-state index contributed by atoms with van der Waals surface area (Å²) in [6.45, 7) is 0. The van der Waals surface area contributed by atoms with Crippen molar-refractivity contribution in [3.05, 3.63) is 0 Å². The highest BCUT2D eigenvalue weighted by Crippen LogP contribution is 2.20. The average Bonchev–Trinajstić information content (AvgIpc) is 1.59. The molecule has 8 heavy (non-hydrogen) atoms. The molecule has 0 saturated heterocycles. The lowest BCUT2D eigenvalue weighted by atomic mass is 10.3. The van der Waals surface area contributed by atoms with Crippen LogP contribution in [0, 0.1) is 12.3 Å². The smallest absolute Gasteiger partial charge is 0.171 e. The molecular weight excluding hydrogens is 117 g/mol. The Hall–Kier alpha value is -0.650. The fraction of sp³-hybridized carbons (Fsp3) is 0.600. The maximum atomic E-state index is 11.1. The number of terminal acetylenes is 1. The molecule has 0 heterocycles. The highest BCUT2D eigenvalue weighted by atomic mass is 19.4. The molecule has 0 atom stereocenters. The SMILES string of the molecule is C#CCCC(F)(F)F. The van der Waals surface area contributed by atoms with Gasteiger partial charge in [-0.15, -0.1) is 12.3 Å². The van der Waals surface area contributed by atoms with Crippen LogP contribution in [-0.4, -0.2) is 6.18 Å². The minimum absolute atomic E-state index is 0.219. The van der Waals surface area contributed by atoms with Crippen LogP contribution in [-0.2, 0) is 0 Å². The second-order valence-electron chi connectivity index (χ2n) is 1.32. The first-order valence-corrected chi connectivity index (χ1v) is 2.06. The van der Waals surface area contributed by atoms with Gasteiger partial charge in [0.1, 0.15) is 0 Å². The van der Waals surface area contributed by atoms with E-state index in [0.29, 0.717) is 0 Å². The van der Waals surface area contributed by atoms with Crippen molar-refractivity contribution < 1.29 is 13.2 Å². The number of halogens is 3. The van der Waals surface area contributed by atoms with Gasteiger partial charge in [-0.3, -0.25) is 0 Å². The minimum atomic E-state index is -4.09. The van der Waals surface area contributed by atoms with Gasteiger partial charge in [-0.1, -0.05) is 0 Å². The predicted octanol–water partition coefficient (Wildman–Crippen LogP) is 1.96. The molecule has 0 unspecified atom stereocenters. The van der Waals surface area contributed by atoms with Crippen molar-refractivity contribution in [2.45, 2.75) is 19.0 Å². The largest absolute Gasteiger partial charge is 0.390 e. The fourth-order valence-corrected chi connectivity index (χ4v) is 0.214. The van der Waals surface area contributed by atoms with Crippen LogP contribution in [0.25, 0.3) is 0 Å². The van der Waals surface area contributed by atoms with Gasteiger partial charge in [0.05, 0.1) is 6.42 Å². The van der Waals surface area contributed by atoms with Gasteiger partial charge in [-0.2, -0.15) is 13.2 Å². The molecular formula is C5H5F3. The number of hydrogen-bond donors (Lipinski definition) is 0. The molecule has 0 spiro atoms. The van der Waals surface area contributed by atoms with E-state index in [1.165, 1.54) is 0 Å². The van der Waals surface area contributed by atoms with Crippen molar-refractivity contribution in [2.75, 3.05) is 0 Å². The minimum Gasteiger partial charge on any atom is -0.171 e. The van der Waals surface area contributed by atoms with Crippen LogP contribution in [0.3, 0.4) is 0 Å². The second-order valence-corrected chi connectivity index (χ2v) is 1.32. The van der Waals surface area contributed by atoms with Crippen LogP contribution >= 0.6 is 0 Å². The molecule has 0 rings (SSSR count). The third kappa shape index (κ3) is 5.35. The normalized spacial score (nSPS) is 10.8. The molecule has 0 nitrogen and oxygen atoms in total. The predicted molar refractivity (Wildman–Crippen MR) is 24.1 cm³/mol. The molecule has 0 aliphatic rings. The van der Waals surface area contributed by atoms with Crippen molar-refractivity contribution in [1.29, 1.82) is 0 Å². The Kier molecular flexibility index (Phi) is 2.40. The number of rotatable bonds is 1. The molecule has 0 aromatic heterocycles. The van der Waals surface area contributed by atoms with Crippen LogP contribution < -0.4 is 0 Å². The Bertz CT molecular complexity index is 95.2. The van der Waals surface area contributed by atoms with Gasteiger partial charge in [-0.05, 0) is 0 Å². The average molecular weight is 122 g/mol. The maximum Gasteiger partial charge on any atom is 0.390 e. The fourth-order valence-electron chi connectivity index (χ4n) is 0.214. The van der Waals surface area contributed by atoms with Gasteiger partial charge in [0, 0.05) is 6.42 Å². The van der Waals surface area contributed by atoms with Crippen LogP contribution in [0.4, 0.5) is 13.2 Å². The molecule has 0 radical (unpaired) electrons. The van der Waals surface area contributed by atoms with Crippen LogP contribution in [0.1, 0.15) is 12.8 Å². The molecule has 46 valence electrons. The lowest BCUT2D eigenvalue weighted by molar-refractivity contribution is -0.133. The highest BCUT2D eigenvalue weighted by Gasteiger charge is 2.25. The van der Waals surface area contributed by atoms with Crippen LogP contribution in [0.5, 0.6) is 0 Å². The summed E-state index contributed by atoms with van der Waals surface area (Å²) in [4.78, 5) is 0. The summed E-state index contributed by atoms with van der Waals surface area (Å²) < 4.78 is 33.4. The zero-order valence-corrected chi connectivity index (χ0v) is 4.13. The topological polar surface area (TPSA) is 0 Å². The summed E-state index contributed by atoms with van der Waals surface area (Å²) in [5.74, 6) is 1.90. The molecule has 0 aliphatic heterocycles. The maximum absolute atomic E-state index is 11.1. The molecule has 0 bridgehead atoms. The highest BCUT2D eigenvalue weighted by molar-refractivity contribution is 4.84. The van der Waals surface area contributed by atoms with Gasteiger partial charge in [-0.25, -0.2) is 0 Å². The van der Waals surface area contributed by atoms with Crippen molar-refractivity contribution in [2.24, 2.45) is 0 Å². The summed E-state index contributed by atoms with van der Waals surface area (Å²) >= 11 is 0. The molecule has 0 aromatic rings.